The molecule has 6 aromatic carbocycles. The minimum atomic E-state index is -1.74. The molecule has 6 aromatic rings. The molecule has 0 aliphatic heterocycles. The molecule has 0 aromatic heterocycles. The standard InChI is InChI=1S/C41H18N6O12/c48-42(49)19-1-7-25-31(13-19)38-28-10-4-23(46(56)57)17-35(28)40-30-12-6-24(47(58)59)18-36(30)39(29-11-5-22(45(54)55)16-34(29)38)32-14-20(43(50)51)2-8-26(32)37(25,41(38,39)40)27-9-3-21(44(52)53)15-33(27)40/h1-18H/t37?,38-,39-,40-,41?/m1/s1. The van der Waals surface area contributed by atoms with Crippen LogP contribution in [-0.2, 0) is 21.7 Å². The van der Waals surface area contributed by atoms with Gasteiger partial charge >= 0.3 is 0 Å². The maximum absolute atomic E-state index is 12.7. The molecule has 0 heterocycles. The fourth-order valence-electron chi connectivity index (χ4n) is 13.6. The van der Waals surface area contributed by atoms with Gasteiger partial charge in [0.25, 0.3) is 34.1 Å². The van der Waals surface area contributed by atoms with Crippen LogP contribution in [0, 0.1) is 66.1 Å². The van der Waals surface area contributed by atoms with Crippen LogP contribution in [0.2, 0.25) is 0 Å². The average molecular weight is 787 g/mol. The van der Waals surface area contributed by atoms with Crippen LogP contribution >= 0.6 is 0 Å². The van der Waals surface area contributed by atoms with Crippen molar-refractivity contribution in [2.75, 3.05) is 0 Å². The second-order valence-electron chi connectivity index (χ2n) is 15.7. The van der Waals surface area contributed by atoms with Crippen molar-refractivity contribution in [3.63, 3.8) is 0 Å². The summed E-state index contributed by atoms with van der Waals surface area (Å²) in [7, 11) is 0. The minimum absolute atomic E-state index is 0.268. The van der Waals surface area contributed by atoms with Crippen LogP contribution in [0.1, 0.15) is 66.8 Å². The summed E-state index contributed by atoms with van der Waals surface area (Å²) in [6.07, 6.45) is 0. The topological polar surface area (TPSA) is 259 Å². The lowest BCUT2D eigenvalue weighted by Crippen LogP contribution is -2.57. The Morgan fingerprint density at radius 3 is 0.559 bits per heavy atom. The van der Waals surface area contributed by atoms with E-state index in [0.717, 1.165) is 0 Å². The van der Waals surface area contributed by atoms with Gasteiger partial charge in [0.2, 0.25) is 0 Å². The van der Waals surface area contributed by atoms with Crippen LogP contribution in [0.5, 0.6) is 0 Å². The highest BCUT2D eigenvalue weighted by molar-refractivity contribution is 6.00. The summed E-state index contributed by atoms with van der Waals surface area (Å²) in [6.45, 7) is 0. The molecule has 6 aliphatic carbocycles. The molecule has 59 heavy (non-hydrogen) atoms. The molecule has 18 nitrogen and oxygen atoms in total. The summed E-state index contributed by atoms with van der Waals surface area (Å²) in [4.78, 5) is 72.8. The fraction of sp³-hybridized carbons (Fsp3) is 0.122. The van der Waals surface area contributed by atoms with Crippen molar-refractivity contribution in [1.29, 1.82) is 0 Å². The Morgan fingerprint density at radius 1 is 0.254 bits per heavy atom. The van der Waals surface area contributed by atoms with Crippen LogP contribution in [-0.4, -0.2) is 29.5 Å². The Balaban J connectivity index is 1.48. The minimum Gasteiger partial charge on any atom is -0.258 e. The number of nitro benzene ring substituents is 6. The molecule has 1 spiro atoms. The first-order valence-electron chi connectivity index (χ1n) is 18.0. The van der Waals surface area contributed by atoms with Crippen LogP contribution in [0.25, 0.3) is 0 Å². The molecule has 284 valence electrons. The normalized spacial score (nSPS) is 26.4. The molecule has 0 unspecified atom stereocenters. The van der Waals surface area contributed by atoms with Gasteiger partial charge in [-0.15, -0.1) is 0 Å². The number of hydrogen-bond acceptors (Lipinski definition) is 12. The van der Waals surface area contributed by atoms with Gasteiger partial charge in [0.15, 0.2) is 0 Å². The molecular formula is C41H18N6O12. The van der Waals surface area contributed by atoms with E-state index in [4.69, 9.17) is 0 Å². The van der Waals surface area contributed by atoms with Gasteiger partial charge in [-0.3, -0.25) is 60.7 Å². The first kappa shape index (κ1) is 32.9. The van der Waals surface area contributed by atoms with E-state index in [2.05, 4.69) is 0 Å². The summed E-state index contributed by atoms with van der Waals surface area (Å²) < 4.78 is 0. The lowest BCUT2D eigenvalue weighted by molar-refractivity contribution is -0.385. The third-order valence-electron chi connectivity index (χ3n) is 14.4. The van der Waals surface area contributed by atoms with Gasteiger partial charge in [-0.05, 0) is 66.8 Å². The summed E-state index contributed by atoms with van der Waals surface area (Å²) in [5.74, 6) is 0. The van der Waals surface area contributed by atoms with Gasteiger partial charge in [-0.2, -0.15) is 0 Å². The Kier molecular flexibility index (Phi) is 5.27. The number of rotatable bonds is 6. The lowest BCUT2D eigenvalue weighted by Gasteiger charge is -2.51. The molecule has 6 aliphatic rings. The molecule has 0 radical (unpaired) electrons. The van der Waals surface area contributed by atoms with Crippen molar-refractivity contribution < 1.29 is 29.5 Å². The fourth-order valence-corrected chi connectivity index (χ4v) is 13.6. The van der Waals surface area contributed by atoms with Crippen LogP contribution in [0.4, 0.5) is 34.1 Å². The zero-order chi connectivity index (χ0) is 41.1. The van der Waals surface area contributed by atoms with Crippen LogP contribution in [0.15, 0.2) is 109 Å². The maximum atomic E-state index is 12.7. The number of non-ortho nitro benzene ring substituents is 6. The summed E-state index contributed by atoms with van der Waals surface area (Å²) in [5, 5.41) is 76.4. The van der Waals surface area contributed by atoms with E-state index >= 15 is 0 Å². The zero-order valence-electron chi connectivity index (χ0n) is 29.5. The van der Waals surface area contributed by atoms with Gasteiger partial charge < -0.3 is 0 Å². The molecule has 0 amide bonds. The van der Waals surface area contributed by atoms with Gasteiger partial charge in [-0.25, -0.2) is 0 Å². The Morgan fingerprint density at radius 2 is 0.407 bits per heavy atom. The molecule has 0 bridgehead atoms. The molecule has 12 rings (SSSR count). The highest BCUT2D eigenvalue weighted by atomic mass is 16.6. The second-order valence-corrected chi connectivity index (χ2v) is 15.7. The molecule has 18 heteroatoms. The van der Waals surface area contributed by atoms with E-state index in [1.165, 1.54) is 91.0 Å². The third-order valence-corrected chi connectivity index (χ3v) is 14.4. The van der Waals surface area contributed by atoms with Crippen molar-refractivity contribution in [3.05, 3.63) is 237 Å². The second kappa shape index (κ2) is 9.46. The molecule has 0 N–H and O–H groups in total. The first-order valence-corrected chi connectivity index (χ1v) is 18.0. The predicted octanol–water partition coefficient (Wildman–Crippen LogP) is 7.44. The van der Waals surface area contributed by atoms with Gasteiger partial charge in [0.05, 0.1) is 51.2 Å². The predicted molar refractivity (Wildman–Crippen MR) is 201 cm³/mol. The van der Waals surface area contributed by atoms with E-state index in [-0.39, 0.29) is 50.8 Å². The molecule has 3 atom stereocenters. The Labute approximate surface area is 326 Å². The molecule has 0 fully saturated rings. The summed E-state index contributed by atoms with van der Waals surface area (Å²) in [5.41, 5.74) is -6.26. The van der Waals surface area contributed by atoms with E-state index in [9.17, 15) is 60.7 Å². The molecule has 0 saturated carbocycles. The Bertz CT molecular complexity index is 2920. The van der Waals surface area contributed by atoms with Crippen molar-refractivity contribution >= 4 is 34.1 Å². The van der Waals surface area contributed by atoms with E-state index < -0.39 is 56.6 Å². The van der Waals surface area contributed by atoms with Crippen LogP contribution in [0.3, 0.4) is 0 Å². The molecule has 0 saturated heterocycles. The third kappa shape index (κ3) is 2.78. The lowest BCUT2D eigenvalue weighted by atomic mass is 9.47. The van der Waals surface area contributed by atoms with Crippen molar-refractivity contribution in [3.8, 4) is 0 Å². The number of hydrogen-bond donors (Lipinski definition) is 0. The van der Waals surface area contributed by atoms with Gasteiger partial charge in [-0.1, -0.05) is 36.4 Å². The van der Waals surface area contributed by atoms with E-state index in [1.807, 2.05) is 0 Å². The zero-order valence-corrected chi connectivity index (χ0v) is 29.5. The smallest absolute Gasteiger partial charge is 0.258 e. The van der Waals surface area contributed by atoms with E-state index in [0.29, 0.717) is 50.1 Å². The summed E-state index contributed by atoms with van der Waals surface area (Å²) in [6, 6.07) is 25.4. The number of nitrogens with zero attached hydrogens (tertiary/aromatic N) is 6. The quantitative estimate of drug-likeness (QED) is 0.118. The SMILES string of the molecule is O=[N+]([O-])c1ccc2c(c1)[C@]13c4ccc([N+](=O)[O-])cc4[C@]45c6cc([N+](=O)[O-])ccc6C26c2ccc([N+](=O)[O-])cc2[C@](c2ccc([N+](=O)[O-])cc21)(c1cc([N+](=O)[O-])ccc14)C635. The Hall–Kier alpha value is -8.28. The van der Waals surface area contributed by atoms with Crippen molar-refractivity contribution in [2.24, 2.45) is 5.41 Å². The van der Waals surface area contributed by atoms with Gasteiger partial charge in [0.1, 0.15) is 0 Å². The first-order chi connectivity index (χ1) is 28.2. The number of benzene rings is 6. The van der Waals surface area contributed by atoms with Crippen molar-refractivity contribution in [1.82, 2.24) is 0 Å². The van der Waals surface area contributed by atoms with Crippen LogP contribution < -0.4 is 0 Å². The highest BCUT2D eigenvalue weighted by Crippen LogP contribution is 2.99. The average Bonchev–Trinajstić information content (AvgIpc) is 3.92. The highest BCUT2D eigenvalue weighted by Gasteiger charge is 3.00. The van der Waals surface area contributed by atoms with Crippen molar-refractivity contribution in [2.45, 2.75) is 21.7 Å². The number of fused-ring (bicyclic) bond motifs is 6. The monoisotopic (exact) mass is 786 g/mol. The van der Waals surface area contributed by atoms with Gasteiger partial charge in [0, 0.05) is 78.2 Å². The number of nitro groups is 6. The summed E-state index contributed by atoms with van der Waals surface area (Å²) >= 11 is 0. The molecular weight excluding hydrogens is 768 g/mol. The largest absolute Gasteiger partial charge is 0.269 e. The maximum Gasteiger partial charge on any atom is 0.269 e. The van der Waals surface area contributed by atoms with E-state index in [1.54, 1.807) is 18.2 Å².